The van der Waals surface area contributed by atoms with Crippen LogP contribution in [0.15, 0.2) is 59.1 Å². The summed E-state index contributed by atoms with van der Waals surface area (Å²) in [6, 6.07) is 17.0. The topological polar surface area (TPSA) is 75.4 Å². The molecule has 1 heterocycles. The number of nitrogens with one attached hydrogen (secondary N) is 1. The Morgan fingerprint density at radius 2 is 1.73 bits per heavy atom. The lowest BCUT2D eigenvalue weighted by atomic mass is 9.99. The van der Waals surface area contributed by atoms with Gasteiger partial charge in [0.1, 0.15) is 11.5 Å². The fourth-order valence-corrected chi connectivity index (χ4v) is 2.65. The first-order chi connectivity index (χ1) is 10.6. The molecule has 2 aromatic carbocycles. The smallest absolute Gasteiger partial charge is 0.259 e. The monoisotopic (exact) mass is 314 g/mol. The van der Waals surface area contributed by atoms with Gasteiger partial charge in [0, 0.05) is 11.3 Å². The summed E-state index contributed by atoms with van der Waals surface area (Å²) in [6.45, 7) is 1.86. The van der Waals surface area contributed by atoms with Crippen LogP contribution in [0.1, 0.15) is 5.76 Å². The predicted molar refractivity (Wildman–Crippen MR) is 86.5 cm³/mol. The highest BCUT2D eigenvalue weighted by Gasteiger charge is 2.16. The van der Waals surface area contributed by atoms with Crippen molar-refractivity contribution in [1.82, 2.24) is 5.16 Å². The van der Waals surface area contributed by atoms with Crippen molar-refractivity contribution in [3.05, 3.63) is 60.4 Å². The Morgan fingerprint density at radius 1 is 1.05 bits per heavy atom. The summed E-state index contributed by atoms with van der Waals surface area (Å²) in [5.41, 5.74) is 4.19. The first kappa shape index (κ1) is 14.5. The zero-order valence-corrected chi connectivity index (χ0v) is 12.6. The zero-order chi connectivity index (χ0) is 15.5. The van der Waals surface area contributed by atoms with E-state index in [-0.39, 0.29) is 0 Å². The molecule has 1 atom stereocenters. The Morgan fingerprint density at radius 3 is 2.36 bits per heavy atom. The van der Waals surface area contributed by atoms with Crippen molar-refractivity contribution in [2.24, 2.45) is 0 Å². The van der Waals surface area contributed by atoms with Crippen LogP contribution >= 0.6 is 0 Å². The molecule has 22 heavy (non-hydrogen) atoms. The highest BCUT2D eigenvalue weighted by atomic mass is 32.2. The normalized spacial score (nSPS) is 12.1. The van der Waals surface area contributed by atoms with E-state index in [4.69, 9.17) is 9.08 Å². The van der Waals surface area contributed by atoms with Gasteiger partial charge >= 0.3 is 0 Å². The van der Waals surface area contributed by atoms with E-state index in [0.717, 1.165) is 28.1 Å². The maximum absolute atomic E-state index is 10.8. The Labute approximate surface area is 130 Å². The minimum absolute atomic E-state index is 0.569. The fraction of sp³-hybridized carbons (Fsp3) is 0.0625. The number of aromatic nitrogens is 1. The van der Waals surface area contributed by atoms with Crippen LogP contribution < -0.4 is 4.72 Å². The SMILES string of the molecule is Cc1onc(-c2ccccc2)c1-c1ccc(NS(=O)O)cc1. The van der Waals surface area contributed by atoms with Gasteiger partial charge in [-0.05, 0) is 24.6 Å². The molecule has 0 radical (unpaired) electrons. The fourth-order valence-electron chi connectivity index (χ4n) is 2.31. The standard InChI is InChI=1S/C16H14N2O3S/c1-11-15(12-7-9-14(10-8-12)18-22(19)20)16(17-21-11)13-5-3-2-4-6-13/h2-10,18H,1H3,(H,19,20). The molecular weight excluding hydrogens is 300 g/mol. The number of aryl methyl sites for hydroxylation is 1. The third-order valence-electron chi connectivity index (χ3n) is 3.29. The average molecular weight is 314 g/mol. The molecule has 0 saturated carbocycles. The first-order valence-corrected chi connectivity index (χ1v) is 7.75. The Kier molecular flexibility index (Phi) is 4.04. The van der Waals surface area contributed by atoms with Gasteiger partial charge in [0.15, 0.2) is 0 Å². The average Bonchev–Trinajstić information content (AvgIpc) is 2.90. The predicted octanol–water partition coefficient (Wildman–Crippen LogP) is 3.87. The minimum Gasteiger partial charge on any atom is -0.360 e. The van der Waals surface area contributed by atoms with Gasteiger partial charge < -0.3 is 4.52 Å². The lowest BCUT2D eigenvalue weighted by Crippen LogP contribution is -2.01. The van der Waals surface area contributed by atoms with E-state index in [9.17, 15) is 4.21 Å². The second-order valence-corrected chi connectivity index (χ2v) is 5.46. The highest BCUT2D eigenvalue weighted by Crippen LogP contribution is 2.34. The second-order valence-electron chi connectivity index (χ2n) is 4.76. The van der Waals surface area contributed by atoms with E-state index in [0.29, 0.717) is 5.69 Å². The number of anilines is 1. The van der Waals surface area contributed by atoms with Crippen LogP contribution in [0.25, 0.3) is 22.4 Å². The third kappa shape index (κ3) is 2.93. The van der Waals surface area contributed by atoms with Crippen LogP contribution in [0.3, 0.4) is 0 Å². The van der Waals surface area contributed by atoms with Crippen molar-refractivity contribution < 1.29 is 13.3 Å². The van der Waals surface area contributed by atoms with Gasteiger partial charge in [-0.15, -0.1) is 0 Å². The molecule has 1 aromatic heterocycles. The van der Waals surface area contributed by atoms with Crippen LogP contribution in [0, 0.1) is 6.92 Å². The summed E-state index contributed by atoms with van der Waals surface area (Å²) in [5, 5.41) is 4.15. The Hall–Kier alpha value is -2.44. The molecule has 0 bridgehead atoms. The number of hydrogen-bond acceptors (Lipinski definition) is 3. The quantitative estimate of drug-likeness (QED) is 0.717. The van der Waals surface area contributed by atoms with Crippen LogP contribution in [-0.4, -0.2) is 13.9 Å². The molecule has 6 heteroatoms. The summed E-state index contributed by atoms with van der Waals surface area (Å²) in [7, 11) is 0. The summed E-state index contributed by atoms with van der Waals surface area (Å²) in [4.78, 5) is 0. The molecule has 0 aliphatic heterocycles. The molecule has 0 aliphatic rings. The van der Waals surface area contributed by atoms with Gasteiger partial charge in [-0.2, -0.15) is 0 Å². The van der Waals surface area contributed by atoms with E-state index in [1.807, 2.05) is 49.4 Å². The summed E-state index contributed by atoms with van der Waals surface area (Å²) >= 11 is -2.08. The van der Waals surface area contributed by atoms with E-state index in [1.54, 1.807) is 12.1 Å². The first-order valence-electron chi connectivity index (χ1n) is 6.65. The van der Waals surface area contributed by atoms with Crippen LogP contribution in [0.2, 0.25) is 0 Å². The largest absolute Gasteiger partial charge is 0.360 e. The van der Waals surface area contributed by atoms with E-state index < -0.39 is 11.3 Å². The van der Waals surface area contributed by atoms with E-state index >= 15 is 0 Å². The van der Waals surface area contributed by atoms with E-state index in [2.05, 4.69) is 9.88 Å². The lowest BCUT2D eigenvalue weighted by Gasteiger charge is -2.05. The van der Waals surface area contributed by atoms with Crippen molar-refractivity contribution in [2.75, 3.05) is 4.72 Å². The van der Waals surface area contributed by atoms with Gasteiger partial charge in [0.05, 0.1) is 5.56 Å². The third-order valence-corrected chi connectivity index (χ3v) is 3.70. The summed E-state index contributed by atoms with van der Waals surface area (Å²) in [5.74, 6) is 0.727. The van der Waals surface area contributed by atoms with Gasteiger partial charge in [0.25, 0.3) is 11.3 Å². The van der Waals surface area contributed by atoms with Crippen LogP contribution in [0.5, 0.6) is 0 Å². The van der Waals surface area contributed by atoms with E-state index in [1.165, 1.54) is 0 Å². The Bertz CT molecular complexity index is 798. The molecular formula is C16H14N2O3S. The zero-order valence-electron chi connectivity index (χ0n) is 11.8. The van der Waals surface area contributed by atoms with Gasteiger partial charge in [0.2, 0.25) is 0 Å². The highest BCUT2D eigenvalue weighted by molar-refractivity contribution is 7.80. The molecule has 112 valence electrons. The molecule has 0 amide bonds. The summed E-state index contributed by atoms with van der Waals surface area (Å²) in [6.07, 6.45) is 0. The molecule has 0 spiro atoms. The number of hydrogen-bond donors (Lipinski definition) is 2. The van der Waals surface area contributed by atoms with Crippen molar-refractivity contribution in [2.45, 2.75) is 6.92 Å². The Balaban J connectivity index is 2.02. The summed E-state index contributed by atoms with van der Waals surface area (Å²) < 4.78 is 27.4. The maximum atomic E-state index is 10.8. The molecule has 0 aliphatic carbocycles. The lowest BCUT2D eigenvalue weighted by molar-refractivity contribution is 0.400. The molecule has 1 unspecified atom stereocenters. The molecule has 5 nitrogen and oxygen atoms in total. The van der Waals surface area contributed by atoms with Gasteiger partial charge in [-0.3, -0.25) is 9.27 Å². The maximum Gasteiger partial charge on any atom is 0.259 e. The van der Waals surface area contributed by atoms with Crippen LogP contribution in [-0.2, 0) is 11.3 Å². The number of benzene rings is 2. The molecule has 3 aromatic rings. The number of nitrogens with zero attached hydrogens (tertiary/aromatic N) is 1. The minimum atomic E-state index is -2.08. The van der Waals surface area contributed by atoms with Crippen LogP contribution in [0.4, 0.5) is 5.69 Å². The van der Waals surface area contributed by atoms with Crippen molar-refractivity contribution in [3.63, 3.8) is 0 Å². The van der Waals surface area contributed by atoms with Gasteiger partial charge in [-0.25, -0.2) is 4.21 Å². The van der Waals surface area contributed by atoms with Crippen molar-refractivity contribution in [3.8, 4) is 22.4 Å². The molecule has 2 N–H and O–H groups in total. The molecule has 0 fully saturated rings. The second kappa shape index (κ2) is 6.13. The van der Waals surface area contributed by atoms with Gasteiger partial charge in [-0.1, -0.05) is 47.6 Å². The van der Waals surface area contributed by atoms with Crippen molar-refractivity contribution >= 4 is 17.0 Å². The number of rotatable bonds is 4. The molecule has 3 rings (SSSR count). The molecule has 0 saturated heterocycles. The van der Waals surface area contributed by atoms with Crippen molar-refractivity contribution in [1.29, 1.82) is 0 Å².